The highest BCUT2D eigenvalue weighted by molar-refractivity contribution is 5.90. The van der Waals surface area contributed by atoms with E-state index in [-0.39, 0.29) is 28.7 Å². The molecule has 0 heterocycles. The maximum Gasteiger partial charge on any atom is 0.362 e. The van der Waals surface area contributed by atoms with Crippen LogP contribution in [0.25, 0.3) is 0 Å². The Morgan fingerprint density at radius 2 is 1.37 bits per heavy atom. The normalized spacial score (nSPS) is 9.74. The molecule has 19 heavy (non-hydrogen) atoms. The van der Waals surface area contributed by atoms with E-state index in [0.29, 0.717) is 0 Å². The average molecular weight is 269 g/mol. The van der Waals surface area contributed by atoms with Crippen LogP contribution in [0.4, 0.5) is 0 Å². The highest BCUT2D eigenvalue weighted by Gasteiger charge is 2.24. The average Bonchev–Trinajstić information content (AvgIpc) is 2.26. The predicted molar refractivity (Wildman–Crippen MR) is 68.1 cm³/mol. The molecule has 0 rings (SSSR count). The Kier molecular flexibility index (Phi) is 6.54. The Bertz CT molecular complexity index is 383. The second-order valence-corrected chi connectivity index (χ2v) is 4.57. The van der Waals surface area contributed by atoms with Crippen LogP contribution >= 0.6 is 0 Å². The van der Waals surface area contributed by atoms with Crippen LogP contribution in [0.15, 0.2) is 24.3 Å². The summed E-state index contributed by atoms with van der Waals surface area (Å²) in [7, 11) is 0. The molecular weight excluding hydrogens is 250 g/mol. The lowest BCUT2D eigenvalue weighted by Crippen LogP contribution is -2.36. The molecule has 0 aliphatic carbocycles. The van der Waals surface area contributed by atoms with Crippen LogP contribution in [0, 0.1) is 5.92 Å². The van der Waals surface area contributed by atoms with Gasteiger partial charge in [-0.05, 0) is 19.8 Å². The van der Waals surface area contributed by atoms with Crippen molar-refractivity contribution in [2.75, 3.05) is 0 Å². The van der Waals surface area contributed by atoms with Gasteiger partial charge in [0.25, 0.3) is 5.91 Å². The van der Waals surface area contributed by atoms with Gasteiger partial charge >= 0.3 is 11.9 Å². The van der Waals surface area contributed by atoms with Crippen molar-refractivity contribution in [3.63, 3.8) is 0 Å². The summed E-state index contributed by atoms with van der Waals surface area (Å²) in [5, 5.41) is 0.286. The highest BCUT2D eigenvalue weighted by Crippen LogP contribution is 2.09. The van der Waals surface area contributed by atoms with Crippen molar-refractivity contribution in [1.82, 2.24) is 5.23 Å². The molecule has 0 saturated carbocycles. The summed E-state index contributed by atoms with van der Waals surface area (Å²) in [4.78, 5) is 43.8. The number of hydroxylamine groups is 2. The summed E-state index contributed by atoms with van der Waals surface area (Å²) in [5.74, 6) is -2.33. The zero-order valence-electron chi connectivity index (χ0n) is 11.7. The maximum atomic E-state index is 11.8. The van der Waals surface area contributed by atoms with Gasteiger partial charge in [0.2, 0.25) is 0 Å². The minimum atomic E-state index is -0.855. The predicted octanol–water partition coefficient (Wildman–Crippen LogP) is 1.93. The van der Waals surface area contributed by atoms with Gasteiger partial charge in [-0.15, -0.1) is 0 Å². The van der Waals surface area contributed by atoms with Gasteiger partial charge in [0.05, 0.1) is 0 Å². The highest BCUT2D eigenvalue weighted by atomic mass is 17.0. The fourth-order valence-electron chi connectivity index (χ4n) is 0.851. The first-order chi connectivity index (χ1) is 8.65. The Labute approximate surface area is 112 Å². The molecule has 0 aromatic carbocycles. The lowest BCUT2D eigenvalue weighted by Gasteiger charge is -2.19. The second-order valence-electron chi connectivity index (χ2n) is 4.57. The van der Waals surface area contributed by atoms with Crippen molar-refractivity contribution in [3.05, 3.63) is 24.3 Å². The molecule has 106 valence electrons. The molecule has 0 aromatic heterocycles. The monoisotopic (exact) mass is 269 g/mol. The molecule has 0 radical (unpaired) electrons. The van der Waals surface area contributed by atoms with E-state index in [1.54, 1.807) is 13.8 Å². The van der Waals surface area contributed by atoms with Gasteiger partial charge < -0.3 is 0 Å². The quantitative estimate of drug-likeness (QED) is 0.576. The molecule has 0 aliphatic heterocycles. The fraction of sp³-hybridized carbons (Fsp3) is 0.462. The van der Waals surface area contributed by atoms with Gasteiger partial charge in [-0.3, -0.25) is 14.5 Å². The second kappa shape index (κ2) is 7.35. The number of hydrogen-bond donors (Lipinski definition) is 0. The summed E-state index contributed by atoms with van der Waals surface area (Å²) in [6.07, 6.45) is 0.0624. The Morgan fingerprint density at radius 3 is 1.63 bits per heavy atom. The van der Waals surface area contributed by atoms with Crippen molar-refractivity contribution in [2.24, 2.45) is 5.92 Å². The molecule has 6 nitrogen and oxygen atoms in total. The molecule has 0 aromatic rings. The molecule has 0 fully saturated rings. The first-order valence-electron chi connectivity index (χ1n) is 5.73. The maximum absolute atomic E-state index is 11.8. The van der Waals surface area contributed by atoms with Gasteiger partial charge in [0.15, 0.2) is 0 Å². The van der Waals surface area contributed by atoms with Crippen LogP contribution in [0.3, 0.4) is 0 Å². The molecule has 6 heteroatoms. The topological polar surface area (TPSA) is 72.9 Å². The van der Waals surface area contributed by atoms with Crippen molar-refractivity contribution < 1.29 is 24.1 Å². The summed E-state index contributed by atoms with van der Waals surface area (Å²) >= 11 is 0. The summed E-state index contributed by atoms with van der Waals surface area (Å²) < 4.78 is 0. The van der Waals surface area contributed by atoms with Crippen LogP contribution in [0.5, 0.6) is 0 Å². The molecule has 0 aliphatic rings. The standard InChI is InChI=1S/C13H19NO5/c1-8(2)7-11(15)14(18-12(16)9(3)4)19-13(17)10(5)6/h8H,3,5,7H2,1-2,4,6H3. The zero-order valence-corrected chi connectivity index (χ0v) is 11.7. The van der Waals surface area contributed by atoms with E-state index in [0.717, 1.165) is 0 Å². The molecule has 0 bridgehead atoms. The third-order valence-corrected chi connectivity index (χ3v) is 1.82. The van der Waals surface area contributed by atoms with Crippen LogP contribution in [0.1, 0.15) is 34.1 Å². The van der Waals surface area contributed by atoms with Crippen LogP contribution in [-0.2, 0) is 24.1 Å². The van der Waals surface area contributed by atoms with Crippen LogP contribution in [0.2, 0.25) is 0 Å². The number of carbonyl (C=O) groups excluding carboxylic acids is 3. The Hall–Kier alpha value is -2.11. The van der Waals surface area contributed by atoms with Gasteiger partial charge in [-0.1, -0.05) is 27.0 Å². The molecule has 1 amide bonds. The summed E-state index contributed by atoms with van der Waals surface area (Å²) in [6, 6.07) is 0. The minimum absolute atomic E-state index is 0.0158. The van der Waals surface area contributed by atoms with Crippen molar-refractivity contribution in [2.45, 2.75) is 34.1 Å². The van der Waals surface area contributed by atoms with E-state index in [1.807, 2.05) is 0 Å². The van der Waals surface area contributed by atoms with E-state index < -0.39 is 17.8 Å². The van der Waals surface area contributed by atoms with Crippen LogP contribution < -0.4 is 0 Å². The molecule has 0 N–H and O–H groups in total. The molecule has 0 saturated heterocycles. The van der Waals surface area contributed by atoms with Crippen molar-refractivity contribution >= 4 is 17.8 Å². The molecule has 0 spiro atoms. The zero-order chi connectivity index (χ0) is 15.2. The molecular formula is C13H19NO5. The van der Waals surface area contributed by atoms with Gasteiger partial charge in [0.1, 0.15) is 0 Å². The van der Waals surface area contributed by atoms with Gasteiger partial charge in [-0.25, -0.2) is 9.59 Å². The fourth-order valence-corrected chi connectivity index (χ4v) is 0.851. The number of amides is 1. The third kappa shape index (κ3) is 6.40. The van der Waals surface area contributed by atoms with E-state index in [2.05, 4.69) is 22.8 Å². The first kappa shape index (κ1) is 16.9. The van der Waals surface area contributed by atoms with Crippen LogP contribution in [-0.4, -0.2) is 23.1 Å². The van der Waals surface area contributed by atoms with Crippen molar-refractivity contribution in [1.29, 1.82) is 0 Å². The number of rotatable bonds is 4. The van der Waals surface area contributed by atoms with E-state index in [9.17, 15) is 14.4 Å². The number of carbonyl (C=O) groups is 3. The Balaban J connectivity index is 4.87. The summed E-state index contributed by atoms with van der Waals surface area (Å²) in [6.45, 7) is 13.2. The van der Waals surface area contributed by atoms with E-state index >= 15 is 0 Å². The smallest absolute Gasteiger partial charge is 0.298 e. The number of nitrogens with zero attached hydrogens (tertiary/aromatic N) is 1. The minimum Gasteiger partial charge on any atom is -0.298 e. The first-order valence-corrected chi connectivity index (χ1v) is 5.73. The SMILES string of the molecule is C=C(C)C(=O)ON(OC(=O)C(=C)C)C(=O)CC(C)C. The molecule has 0 unspecified atom stereocenters. The summed E-state index contributed by atoms with van der Waals surface area (Å²) in [5.41, 5.74) is 0.155. The van der Waals surface area contributed by atoms with E-state index in [1.165, 1.54) is 13.8 Å². The van der Waals surface area contributed by atoms with Gasteiger partial charge in [-0.2, -0.15) is 0 Å². The van der Waals surface area contributed by atoms with E-state index in [4.69, 9.17) is 0 Å². The largest absolute Gasteiger partial charge is 0.362 e. The number of hydrogen-bond acceptors (Lipinski definition) is 5. The lowest BCUT2D eigenvalue weighted by molar-refractivity contribution is -0.303. The molecule has 0 atom stereocenters. The third-order valence-electron chi connectivity index (χ3n) is 1.82. The van der Waals surface area contributed by atoms with Gasteiger partial charge in [0, 0.05) is 22.8 Å². The van der Waals surface area contributed by atoms with Crippen molar-refractivity contribution in [3.8, 4) is 0 Å². The Morgan fingerprint density at radius 1 is 1.00 bits per heavy atom. The lowest BCUT2D eigenvalue weighted by atomic mass is 10.1.